The first-order valence-electron chi connectivity index (χ1n) is 24.4. The summed E-state index contributed by atoms with van der Waals surface area (Å²) in [4.78, 5) is 34.7. The molecule has 5 heteroatoms. The molecule has 0 spiro atoms. The van der Waals surface area contributed by atoms with Gasteiger partial charge in [-0.15, -0.1) is 0 Å². The van der Waals surface area contributed by atoms with Crippen LogP contribution in [0.15, 0.2) is 67.3 Å². The number of ether oxygens (including phenoxy) is 1. The standard InChI is InChI=1S/C20H33NO.C20H32O2.C10H10O.4C2H6/c1-8-17(12-18(22)13-20(6,9-2)21-7)19-15(4)10-14(3)11-16(19)5;1-8-19(4,5)16-10-11-18(22-13-12-15(3)21)17(14-16)20(6,7)9-2;1-3-10(11)9-6-4-5-8(2)7-9;4*1-2/h10-11,17,21H,8-9,12-13H2,1-7H3;10-11,14H,8-9,12-13H2,1-7H3;3-7H,1H2,2H3;4*1-2H3. The summed E-state index contributed by atoms with van der Waals surface area (Å²) >= 11 is 0. The van der Waals surface area contributed by atoms with E-state index in [1.54, 1.807) is 13.0 Å². The van der Waals surface area contributed by atoms with Gasteiger partial charge in [-0.2, -0.15) is 0 Å². The largest absolute Gasteiger partial charge is 0.493 e. The SMILES string of the molecule is C=CC(=O)c1cccc(C)c1.CC.CC.CC.CC.CCC(C)(C)c1ccc(OCCC(C)=O)c(C(C)(C)CC)c1.CCC(CC(=O)CC(C)(CC)NC)c1c(C)cc(C)cc1C. The average Bonchev–Trinajstić information content (AvgIpc) is 3.28. The number of ketones is 3. The predicted octanol–water partition coefficient (Wildman–Crippen LogP) is 16.7. The van der Waals surface area contributed by atoms with Gasteiger partial charge in [0.05, 0.1) is 6.61 Å². The Balaban J connectivity index is -0.000000398. The minimum atomic E-state index is -0.0766. The van der Waals surface area contributed by atoms with Crippen LogP contribution in [-0.2, 0) is 20.4 Å². The van der Waals surface area contributed by atoms with Gasteiger partial charge in [-0.05, 0) is 131 Å². The Bertz CT molecular complexity index is 1690. The second-order valence-corrected chi connectivity index (χ2v) is 16.9. The molecule has 0 aromatic heterocycles. The summed E-state index contributed by atoms with van der Waals surface area (Å²) in [6.07, 6.45) is 7.19. The van der Waals surface area contributed by atoms with Crippen molar-refractivity contribution in [1.29, 1.82) is 0 Å². The molecule has 0 aliphatic carbocycles. The van der Waals surface area contributed by atoms with Crippen molar-refractivity contribution in [1.82, 2.24) is 5.32 Å². The molecule has 0 fully saturated rings. The van der Waals surface area contributed by atoms with Gasteiger partial charge in [0.25, 0.3) is 0 Å². The zero-order valence-electron chi connectivity index (χ0n) is 45.3. The summed E-state index contributed by atoms with van der Waals surface area (Å²) in [7, 11) is 1.95. The summed E-state index contributed by atoms with van der Waals surface area (Å²) in [5.41, 5.74) is 9.88. The average molecular weight is 874 g/mol. The lowest BCUT2D eigenvalue weighted by Gasteiger charge is -2.30. The Kier molecular flexibility index (Phi) is 37.1. The fraction of sp³-hybridized carbons (Fsp3) is 0.603. The van der Waals surface area contributed by atoms with Crippen LogP contribution < -0.4 is 10.1 Å². The van der Waals surface area contributed by atoms with Crippen LogP contribution in [0.1, 0.15) is 225 Å². The van der Waals surface area contributed by atoms with E-state index in [-0.39, 0.29) is 27.9 Å². The maximum absolute atomic E-state index is 12.6. The first kappa shape index (κ1) is 65.8. The van der Waals surface area contributed by atoms with E-state index in [4.69, 9.17) is 4.74 Å². The van der Waals surface area contributed by atoms with E-state index in [1.807, 2.05) is 87.6 Å². The maximum Gasteiger partial charge on any atom is 0.185 e. The number of hydrogen-bond donors (Lipinski definition) is 1. The van der Waals surface area contributed by atoms with E-state index >= 15 is 0 Å². The molecule has 63 heavy (non-hydrogen) atoms. The monoisotopic (exact) mass is 874 g/mol. The van der Waals surface area contributed by atoms with Crippen molar-refractivity contribution in [3.8, 4) is 5.75 Å². The number of nitrogens with one attached hydrogen (secondary N) is 1. The fourth-order valence-corrected chi connectivity index (χ4v) is 6.68. The second kappa shape index (κ2) is 35.5. The lowest BCUT2D eigenvalue weighted by atomic mass is 9.76. The van der Waals surface area contributed by atoms with Crippen LogP contribution in [0.4, 0.5) is 0 Å². The smallest absolute Gasteiger partial charge is 0.185 e. The lowest BCUT2D eigenvalue weighted by Crippen LogP contribution is -2.41. The lowest BCUT2D eigenvalue weighted by molar-refractivity contribution is -0.121. The molecule has 0 aliphatic heterocycles. The summed E-state index contributed by atoms with van der Waals surface area (Å²) in [5, 5.41) is 3.30. The second-order valence-electron chi connectivity index (χ2n) is 16.9. The summed E-state index contributed by atoms with van der Waals surface area (Å²) < 4.78 is 5.92. The first-order chi connectivity index (χ1) is 29.6. The number of hydrogen-bond acceptors (Lipinski definition) is 5. The molecule has 0 heterocycles. The molecule has 3 aromatic rings. The highest BCUT2D eigenvalue weighted by Crippen LogP contribution is 2.38. The van der Waals surface area contributed by atoms with Gasteiger partial charge in [-0.1, -0.05) is 171 Å². The summed E-state index contributed by atoms with van der Waals surface area (Å²) in [5.74, 6) is 1.77. The molecular weight excluding hydrogens is 775 g/mol. The third-order valence-corrected chi connectivity index (χ3v) is 11.5. The van der Waals surface area contributed by atoms with Crippen molar-refractivity contribution >= 4 is 17.3 Å². The molecule has 3 aromatic carbocycles. The van der Waals surface area contributed by atoms with Crippen LogP contribution in [0.25, 0.3) is 0 Å². The van der Waals surface area contributed by atoms with Gasteiger partial charge in [0.2, 0.25) is 0 Å². The Labute approximate surface area is 391 Å². The fourth-order valence-electron chi connectivity index (χ4n) is 6.68. The van der Waals surface area contributed by atoms with Gasteiger partial charge in [0, 0.05) is 35.9 Å². The highest BCUT2D eigenvalue weighted by Gasteiger charge is 2.28. The molecule has 1 N–H and O–H groups in total. The van der Waals surface area contributed by atoms with Crippen molar-refractivity contribution in [2.75, 3.05) is 13.7 Å². The van der Waals surface area contributed by atoms with E-state index in [0.717, 1.165) is 37.0 Å². The molecule has 2 atom stereocenters. The van der Waals surface area contributed by atoms with Crippen molar-refractivity contribution in [2.24, 2.45) is 0 Å². The van der Waals surface area contributed by atoms with Crippen LogP contribution in [0.5, 0.6) is 5.75 Å². The predicted molar refractivity (Wildman–Crippen MR) is 281 cm³/mol. The van der Waals surface area contributed by atoms with Crippen molar-refractivity contribution in [3.63, 3.8) is 0 Å². The highest BCUT2D eigenvalue weighted by atomic mass is 16.5. The van der Waals surface area contributed by atoms with Gasteiger partial charge >= 0.3 is 0 Å². The van der Waals surface area contributed by atoms with Crippen molar-refractivity contribution in [3.05, 3.63) is 112 Å². The van der Waals surface area contributed by atoms with E-state index < -0.39 is 0 Å². The minimum Gasteiger partial charge on any atom is -0.493 e. The van der Waals surface area contributed by atoms with Gasteiger partial charge in [-0.25, -0.2) is 0 Å². The molecule has 0 radical (unpaired) electrons. The van der Waals surface area contributed by atoms with Gasteiger partial charge < -0.3 is 10.1 Å². The van der Waals surface area contributed by atoms with Crippen LogP contribution >= 0.6 is 0 Å². The normalized spacial score (nSPS) is 11.7. The number of rotatable bonds is 18. The molecular formula is C58H99NO4. The third kappa shape index (κ3) is 24.7. The maximum atomic E-state index is 12.6. The molecule has 0 saturated heterocycles. The van der Waals surface area contributed by atoms with Gasteiger partial charge in [0.1, 0.15) is 17.3 Å². The Morgan fingerprint density at radius 2 is 1.24 bits per heavy atom. The van der Waals surface area contributed by atoms with Crippen molar-refractivity contribution < 1.29 is 19.1 Å². The van der Waals surface area contributed by atoms with Crippen LogP contribution in [0.2, 0.25) is 0 Å². The number of carbonyl (C=O) groups is 3. The van der Waals surface area contributed by atoms with Crippen LogP contribution in [-0.4, -0.2) is 36.5 Å². The molecule has 0 aliphatic rings. The molecule has 0 amide bonds. The molecule has 2 unspecified atom stereocenters. The van der Waals surface area contributed by atoms with Gasteiger partial charge in [-0.3, -0.25) is 14.4 Å². The molecule has 0 bridgehead atoms. The Morgan fingerprint density at radius 1 is 0.714 bits per heavy atom. The molecule has 0 saturated carbocycles. The Morgan fingerprint density at radius 3 is 1.65 bits per heavy atom. The number of allylic oxidation sites excluding steroid dienone is 1. The number of carbonyl (C=O) groups excluding carboxylic acids is 3. The van der Waals surface area contributed by atoms with Crippen LogP contribution in [0.3, 0.4) is 0 Å². The van der Waals surface area contributed by atoms with Crippen molar-refractivity contribution in [2.45, 2.75) is 220 Å². The number of Topliss-reactive ketones (excluding diaryl/α,β-unsaturated/α-hetero) is 2. The van der Waals surface area contributed by atoms with E-state index in [2.05, 4.69) is 125 Å². The number of benzene rings is 3. The minimum absolute atomic E-state index is 0.0197. The zero-order valence-corrected chi connectivity index (χ0v) is 45.3. The molecule has 3 rings (SSSR count). The molecule has 360 valence electrons. The third-order valence-electron chi connectivity index (χ3n) is 11.5. The highest BCUT2D eigenvalue weighted by molar-refractivity contribution is 6.04. The first-order valence-corrected chi connectivity index (χ1v) is 24.4. The summed E-state index contributed by atoms with van der Waals surface area (Å²) in [6, 6.07) is 18.5. The summed E-state index contributed by atoms with van der Waals surface area (Å²) in [6.45, 7) is 49.9. The quantitative estimate of drug-likeness (QED) is 0.102. The van der Waals surface area contributed by atoms with E-state index in [1.165, 1.54) is 39.5 Å². The van der Waals surface area contributed by atoms with E-state index in [0.29, 0.717) is 43.1 Å². The van der Waals surface area contributed by atoms with Gasteiger partial charge in [0.15, 0.2) is 5.78 Å². The number of aryl methyl sites for hydroxylation is 4. The molecule has 5 nitrogen and oxygen atoms in total. The topological polar surface area (TPSA) is 72.5 Å². The van der Waals surface area contributed by atoms with Crippen LogP contribution in [0, 0.1) is 27.7 Å². The Hall–Kier alpha value is -3.83. The van der Waals surface area contributed by atoms with E-state index in [9.17, 15) is 14.4 Å². The zero-order chi connectivity index (χ0) is 50.1.